The molecule has 0 bridgehead atoms. The molecule has 0 unspecified atom stereocenters. The molecule has 0 saturated heterocycles. The molecular weight excluding hydrogens is 474 g/mol. The predicted molar refractivity (Wildman–Crippen MR) is 143 cm³/mol. The molecule has 2 aromatic carbocycles. The molecule has 3 rings (SSSR count). The summed E-state index contributed by atoms with van der Waals surface area (Å²) in [6.45, 7) is 10.8. The fraction of sp³-hybridized carbons (Fsp3) is 0.407. The number of aryl methyl sites for hydroxylation is 1. The van der Waals surface area contributed by atoms with E-state index in [2.05, 4.69) is 41.6 Å². The fourth-order valence-electron chi connectivity index (χ4n) is 3.68. The van der Waals surface area contributed by atoms with Gasteiger partial charge in [-0.2, -0.15) is 0 Å². The lowest BCUT2D eigenvalue weighted by Crippen LogP contribution is -2.36. The summed E-state index contributed by atoms with van der Waals surface area (Å²) >= 11 is 1.32. The lowest BCUT2D eigenvalue weighted by atomic mass is 10.0. The van der Waals surface area contributed by atoms with E-state index in [9.17, 15) is 9.59 Å². The molecule has 36 heavy (non-hydrogen) atoms. The van der Waals surface area contributed by atoms with Crippen LogP contribution in [-0.2, 0) is 29.1 Å². The van der Waals surface area contributed by atoms with Crippen molar-refractivity contribution < 1.29 is 14.3 Å². The first kappa shape index (κ1) is 27.3. The highest BCUT2D eigenvalue weighted by Crippen LogP contribution is 2.24. The molecular formula is C27H35N5O3S. The van der Waals surface area contributed by atoms with Gasteiger partial charge in [-0.25, -0.2) is 0 Å². The van der Waals surface area contributed by atoms with Crippen LogP contribution in [-0.4, -0.2) is 38.4 Å². The Balaban J connectivity index is 1.53. The molecule has 1 aromatic heterocycles. The monoisotopic (exact) mass is 509 g/mol. The van der Waals surface area contributed by atoms with Crippen molar-refractivity contribution in [3.05, 3.63) is 65.5 Å². The number of aromatic nitrogens is 3. The van der Waals surface area contributed by atoms with Crippen molar-refractivity contribution in [1.29, 1.82) is 0 Å². The van der Waals surface area contributed by atoms with E-state index >= 15 is 0 Å². The topological polar surface area (TPSA) is 98.1 Å². The Morgan fingerprint density at radius 2 is 1.75 bits per heavy atom. The number of hydrogen-bond donors (Lipinski definition) is 2. The Morgan fingerprint density at radius 3 is 2.42 bits per heavy atom. The van der Waals surface area contributed by atoms with Crippen LogP contribution in [0.2, 0.25) is 0 Å². The molecule has 1 heterocycles. The highest BCUT2D eigenvalue weighted by atomic mass is 32.2. The first-order valence-corrected chi connectivity index (χ1v) is 13.3. The molecule has 0 saturated carbocycles. The van der Waals surface area contributed by atoms with Crippen molar-refractivity contribution >= 4 is 29.3 Å². The molecule has 3 aromatic rings. The van der Waals surface area contributed by atoms with Crippen molar-refractivity contribution in [2.45, 2.75) is 71.3 Å². The van der Waals surface area contributed by atoms with Gasteiger partial charge in [0.25, 0.3) is 5.91 Å². The van der Waals surface area contributed by atoms with Crippen molar-refractivity contribution in [1.82, 2.24) is 20.1 Å². The van der Waals surface area contributed by atoms with Gasteiger partial charge in [-0.05, 0) is 55.5 Å². The Labute approximate surface area is 217 Å². The Kier molecular flexibility index (Phi) is 9.93. The third-order valence-corrected chi connectivity index (χ3v) is 6.70. The van der Waals surface area contributed by atoms with Crippen molar-refractivity contribution in [2.75, 3.05) is 11.1 Å². The number of benzene rings is 2. The van der Waals surface area contributed by atoms with Crippen LogP contribution in [0.4, 0.5) is 5.69 Å². The van der Waals surface area contributed by atoms with Gasteiger partial charge in [0.2, 0.25) is 5.91 Å². The summed E-state index contributed by atoms with van der Waals surface area (Å²) in [7, 11) is 0. The lowest BCUT2D eigenvalue weighted by Gasteiger charge is -2.15. The van der Waals surface area contributed by atoms with Gasteiger partial charge in [0.1, 0.15) is 5.75 Å². The summed E-state index contributed by atoms with van der Waals surface area (Å²) in [5, 5.41) is 15.0. The second-order valence-corrected chi connectivity index (χ2v) is 9.64. The zero-order valence-electron chi connectivity index (χ0n) is 21.6. The van der Waals surface area contributed by atoms with Gasteiger partial charge in [-0.15, -0.1) is 10.2 Å². The molecule has 1 atom stereocenters. The second kappa shape index (κ2) is 13.1. The molecule has 0 aliphatic carbocycles. The largest absolute Gasteiger partial charge is 0.481 e. The van der Waals surface area contributed by atoms with Gasteiger partial charge in [0.15, 0.2) is 17.1 Å². The Hall–Kier alpha value is -3.33. The van der Waals surface area contributed by atoms with E-state index in [1.54, 1.807) is 6.92 Å². The molecule has 8 nitrogen and oxygen atoms in total. The number of para-hydroxylation sites is 1. The van der Waals surface area contributed by atoms with Crippen molar-refractivity contribution in [3.63, 3.8) is 0 Å². The summed E-state index contributed by atoms with van der Waals surface area (Å²) < 4.78 is 7.66. The van der Waals surface area contributed by atoms with Gasteiger partial charge >= 0.3 is 0 Å². The number of ether oxygens (including phenoxy) is 1. The Bertz CT molecular complexity index is 1160. The maximum atomic E-state index is 12.6. The molecule has 0 fully saturated rings. The third kappa shape index (κ3) is 7.34. The zero-order chi connectivity index (χ0) is 26.1. The van der Waals surface area contributed by atoms with Crippen LogP contribution in [0.15, 0.2) is 53.7 Å². The quantitative estimate of drug-likeness (QED) is 0.341. The van der Waals surface area contributed by atoms with Crippen LogP contribution < -0.4 is 15.4 Å². The van der Waals surface area contributed by atoms with Crippen LogP contribution in [0.3, 0.4) is 0 Å². The van der Waals surface area contributed by atoms with Gasteiger partial charge in [-0.1, -0.05) is 62.9 Å². The van der Waals surface area contributed by atoms with E-state index in [4.69, 9.17) is 4.74 Å². The first-order valence-electron chi connectivity index (χ1n) is 12.3. The summed E-state index contributed by atoms with van der Waals surface area (Å²) in [4.78, 5) is 25.1. The maximum Gasteiger partial charge on any atom is 0.261 e. The van der Waals surface area contributed by atoms with Gasteiger partial charge in [0, 0.05) is 12.2 Å². The number of nitrogens with one attached hydrogen (secondary N) is 2. The van der Waals surface area contributed by atoms with E-state index < -0.39 is 6.10 Å². The number of hydrogen-bond acceptors (Lipinski definition) is 6. The molecule has 9 heteroatoms. The standard InChI is InChI=1S/C27H35N5O3S/c1-6-20-12-14-21(15-13-20)35-19(5)26(34)28-16-24-30-31-27(32(24)7-2)36-17-25(33)29-23-11-9-8-10-22(23)18(3)4/h8-15,18-19H,6-7,16-17H2,1-5H3,(H,28,34)(H,29,33)/t19-/m1/s1. The number of carbonyl (C=O) groups is 2. The molecule has 0 spiro atoms. The number of nitrogens with zero attached hydrogens (tertiary/aromatic N) is 3. The van der Waals surface area contributed by atoms with E-state index in [-0.39, 0.29) is 24.1 Å². The van der Waals surface area contributed by atoms with Gasteiger partial charge in [-0.3, -0.25) is 9.59 Å². The summed E-state index contributed by atoms with van der Waals surface area (Å²) in [6.07, 6.45) is 0.299. The van der Waals surface area contributed by atoms with E-state index in [1.165, 1.54) is 17.3 Å². The minimum atomic E-state index is -0.651. The Morgan fingerprint density at radius 1 is 1.03 bits per heavy atom. The minimum absolute atomic E-state index is 0.105. The summed E-state index contributed by atoms with van der Waals surface area (Å²) in [5.74, 6) is 1.45. The highest BCUT2D eigenvalue weighted by molar-refractivity contribution is 7.99. The lowest BCUT2D eigenvalue weighted by molar-refractivity contribution is -0.127. The van der Waals surface area contributed by atoms with Crippen LogP contribution in [0.5, 0.6) is 5.75 Å². The highest BCUT2D eigenvalue weighted by Gasteiger charge is 2.18. The first-order chi connectivity index (χ1) is 17.3. The number of carbonyl (C=O) groups excluding carboxylic acids is 2. The summed E-state index contributed by atoms with van der Waals surface area (Å²) in [5.41, 5.74) is 3.14. The summed E-state index contributed by atoms with van der Waals surface area (Å²) in [6, 6.07) is 15.6. The number of anilines is 1. The molecule has 0 radical (unpaired) electrons. The SMILES string of the molecule is CCc1ccc(O[C@H](C)C(=O)NCc2nnc(SCC(=O)Nc3ccccc3C(C)C)n2CC)cc1. The van der Waals surface area contributed by atoms with E-state index in [1.807, 2.05) is 60.0 Å². The normalized spacial score (nSPS) is 11.8. The van der Waals surface area contributed by atoms with E-state index in [0.717, 1.165) is 17.7 Å². The second-order valence-electron chi connectivity index (χ2n) is 8.70. The molecule has 2 N–H and O–H groups in total. The van der Waals surface area contributed by atoms with Crippen LogP contribution in [0, 0.1) is 0 Å². The molecule has 192 valence electrons. The third-order valence-electron chi connectivity index (χ3n) is 5.73. The number of amides is 2. The smallest absolute Gasteiger partial charge is 0.261 e. The average Bonchev–Trinajstić information content (AvgIpc) is 3.28. The van der Waals surface area contributed by atoms with Crippen molar-refractivity contribution in [2.24, 2.45) is 0 Å². The fourth-order valence-corrected chi connectivity index (χ4v) is 4.50. The van der Waals surface area contributed by atoms with Crippen LogP contribution in [0.25, 0.3) is 0 Å². The maximum absolute atomic E-state index is 12.6. The van der Waals surface area contributed by atoms with Gasteiger partial charge in [0.05, 0.1) is 12.3 Å². The molecule has 0 aliphatic rings. The molecule has 2 amide bonds. The van der Waals surface area contributed by atoms with Gasteiger partial charge < -0.3 is 19.9 Å². The predicted octanol–water partition coefficient (Wildman–Crippen LogP) is 4.80. The zero-order valence-corrected chi connectivity index (χ0v) is 22.4. The van der Waals surface area contributed by atoms with Crippen LogP contribution in [0.1, 0.15) is 57.5 Å². The molecule has 0 aliphatic heterocycles. The van der Waals surface area contributed by atoms with Crippen molar-refractivity contribution in [3.8, 4) is 5.75 Å². The average molecular weight is 510 g/mol. The minimum Gasteiger partial charge on any atom is -0.481 e. The van der Waals surface area contributed by atoms with Crippen LogP contribution >= 0.6 is 11.8 Å². The number of rotatable bonds is 12. The number of thioether (sulfide) groups is 1. The van der Waals surface area contributed by atoms with E-state index in [0.29, 0.717) is 29.2 Å².